The first-order chi connectivity index (χ1) is 18.9. The van der Waals surface area contributed by atoms with Crippen molar-refractivity contribution in [3.8, 4) is 28.6 Å². The van der Waals surface area contributed by atoms with Gasteiger partial charge in [0.2, 0.25) is 0 Å². The number of rotatable bonds is 4. The lowest BCUT2D eigenvalue weighted by Gasteiger charge is -2.46. The topological polar surface area (TPSA) is 220 Å². The lowest BCUT2D eigenvalue weighted by molar-refractivity contribution is -0.336. The molecule has 1 aromatic heterocycles. The van der Waals surface area contributed by atoms with Crippen molar-refractivity contribution in [1.29, 1.82) is 0 Å². The van der Waals surface area contributed by atoms with E-state index in [2.05, 4.69) is 0 Å². The summed E-state index contributed by atoms with van der Waals surface area (Å²) in [5, 5.41) is 83.4. The number of ether oxygens (including phenoxy) is 3. The first-order valence-corrected chi connectivity index (χ1v) is 12.6. The van der Waals surface area contributed by atoms with Crippen LogP contribution >= 0.6 is 0 Å². The minimum atomic E-state index is -1.76. The molecule has 2 fully saturated rings. The normalized spacial score (nSPS) is 34.7. The van der Waals surface area contributed by atoms with Gasteiger partial charge in [0.05, 0.1) is 17.8 Å². The molecular weight excluding hydrogens is 532 g/mol. The highest BCUT2D eigenvalue weighted by molar-refractivity contribution is 5.88. The summed E-state index contributed by atoms with van der Waals surface area (Å²) in [5.41, 5.74) is -0.767. The van der Waals surface area contributed by atoms with Gasteiger partial charge >= 0.3 is 0 Å². The first kappa shape index (κ1) is 28.3. The largest absolute Gasteiger partial charge is 0.508 e. The van der Waals surface area contributed by atoms with Gasteiger partial charge in [0, 0.05) is 17.7 Å². The highest BCUT2D eigenvalue weighted by Gasteiger charge is 2.50. The minimum Gasteiger partial charge on any atom is -0.508 e. The summed E-state index contributed by atoms with van der Waals surface area (Å²) in [4.78, 5) is 13.1. The van der Waals surface area contributed by atoms with Crippen LogP contribution in [0.5, 0.6) is 17.2 Å². The molecule has 2 aliphatic heterocycles. The van der Waals surface area contributed by atoms with Crippen molar-refractivity contribution in [1.82, 2.24) is 0 Å². The Morgan fingerprint density at radius 1 is 0.775 bits per heavy atom. The number of phenols is 3. The molecule has 3 aromatic rings. The Hall–Kier alpha value is -3.27. The Morgan fingerprint density at radius 2 is 1.40 bits per heavy atom. The summed E-state index contributed by atoms with van der Waals surface area (Å²) in [5.74, 6) is -1.22. The van der Waals surface area contributed by atoms with Crippen LogP contribution in [0.3, 0.4) is 0 Å². The Labute approximate surface area is 226 Å². The van der Waals surface area contributed by atoms with Crippen LogP contribution in [-0.4, -0.2) is 96.0 Å². The van der Waals surface area contributed by atoms with E-state index in [4.69, 9.17) is 18.6 Å². The van der Waals surface area contributed by atoms with E-state index in [1.165, 1.54) is 38.1 Å². The van der Waals surface area contributed by atoms with Gasteiger partial charge in [0.25, 0.3) is 0 Å². The molecule has 8 N–H and O–H groups in total. The number of aromatic hydroxyl groups is 3. The second kappa shape index (κ2) is 10.6. The van der Waals surface area contributed by atoms with Crippen molar-refractivity contribution in [3.05, 3.63) is 52.2 Å². The van der Waals surface area contributed by atoms with Gasteiger partial charge in [-0.2, -0.15) is 0 Å². The maximum absolute atomic E-state index is 13.1. The monoisotopic (exact) mass is 562 g/mol. The summed E-state index contributed by atoms with van der Waals surface area (Å²) < 4.78 is 22.8. The molecule has 2 saturated heterocycles. The highest BCUT2D eigenvalue weighted by atomic mass is 16.7. The van der Waals surface area contributed by atoms with Gasteiger partial charge in [-0.1, -0.05) is 0 Å². The Morgan fingerprint density at radius 3 is 2.08 bits per heavy atom. The van der Waals surface area contributed by atoms with E-state index in [1.54, 1.807) is 0 Å². The van der Waals surface area contributed by atoms with Crippen molar-refractivity contribution < 1.29 is 59.5 Å². The fourth-order valence-electron chi connectivity index (χ4n) is 5.06. The van der Waals surface area contributed by atoms with Gasteiger partial charge in [-0.05, 0) is 38.1 Å². The summed E-state index contributed by atoms with van der Waals surface area (Å²) in [6.07, 6.45) is -14.8. The van der Waals surface area contributed by atoms with E-state index in [0.717, 1.165) is 12.1 Å². The molecule has 3 heterocycles. The van der Waals surface area contributed by atoms with Gasteiger partial charge in [-0.3, -0.25) is 4.79 Å². The zero-order chi connectivity index (χ0) is 29.0. The number of hydrogen-bond acceptors (Lipinski definition) is 13. The number of hydrogen-bond donors (Lipinski definition) is 8. The second-order valence-electron chi connectivity index (χ2n) is 10.1. The number of fused-ring (bicyclic) bond motifs is 1. The predicted molar refractivity (Wildman–Crippen MR) is 135 cm³/mol. The minimum absolute atomic E-state index is 0.00361. The maximum atomic E-state index is 13.1. The fourth-order valence-corrected chi connectivity index (χ4v) is 5.06. The van der Waals surface area contributed by atoms with Gasteiger partial charge in [-0.25, -0.2) is 0 Å². The molecule has 2 aliphatic rings. The van der Waals surface area contributed by atoms with E-state index < -0.39 is 78.2 Å². The molecule has 2 aromatic carbocycles. The van der Waals surface area contributed by atoms with Crippen LogP contribution in [0, 0.1) is 0 Å². The standard InChI is InChI=1S/C27H30O13/c1-9-20(32)23(35)26(40-27-24(36)22(34)19(31)10(2)38-27)25(37-9)18-14(30)8-16-17(21(18)33)13(29)7-15(39-16)11-3-5-12(28)6-4-11/h3-10,19-20,22-28,30-36H,1-2H3/t9-,10+,19+,20+,22-,23+,24-,25-,26+,27+/m1/s1. The number of phenolic OH excluding ortho intramolecular Hbond substituents is 3. The van der Waals surface area contributed by atoms with Crippen LogP contribution < -0.4 is 5.43 Å². The second-order valence-corrected chi connectivity index (χ2v) is 10.1. The smallest absolute Gasteiger partial charge is 0.197 e. The third-order valence-corrected chi connectivity index (χ3v) is 7.37. The van der Waals surface area contributed by atoms with E-state index in [0.29, 0.717) is 5.56 Å². The van der Waals surface area contributed by atoms with E-state index >= 15 is 0 Å². The van der Waals surface area contributed by atoms with E-state index in [-0.39, 0.29) is 28.0 Å². The molecule has 5 rings (SSSR count). The first-order valence-electron chi connectivity index (χ1n) is 12.6. The Balaban J connectivity index is 1.57. The van der Waals surface area contributed by atoms with Crippen molar-refractivity contribution in [2.45, 2.75) is 75.1 Å². The summed E-state index contributed by atoms with van der Waals surface area (Å²) in [6.45, 7) is 2.85. The Kier molecular flexibility index (Phi) is 7.50. The fraction of sp³-hybridized carbons (Fsp3) is 0.444. The zero-order valence-electron chi connectivity index (χ0n) is 21.4. The van der Waals surface area contributed by atoms with Crippen LogP contribution in [0.15, 0.2) is 45.6 Å². The van der Waals surface area contributed by atoms with Crippen molar-refractivity contribution in [2.75, 3.05) is 0 Å². The molecule has 0 bridgehead atoms. The van der Waals surface area contributed by atoms with Gasteiger partial charge in [-0.15, -0.1) is 0 Å². The van der Waals surface area contributed by atoms with Crippen LogP contribution in [0.1, 0.15) is 25.5 Å². The molecule has 13 heteroatoms. The van der Waals surface area contributed by atoms with Gasteiger partial charge in [0.1, 0.15) is 76.7 Å². The van der Waals surface area contributed by atoms with E-state index in [9.17, 15) is 45.6 Å². The molecule has 0 aliphatic carbocycles. The molecule has 40 heavy (non-hydrogen) atoms. The molecule has 0 radical (unpaired) electrons. The van der Waals surface area contributed by atoms with Crippen molar-refractivity contribution >= 4 is 11.0 Å². The Bertz CT molecular complexity index is 1440. The van der Waals surface area contributed by atoms with Crippen LogP contribution in [0.4, 0.5) is 0 Å². The maximum Gasteiger partial charge on any atom is 0.197 e. The van der Waals surface area contributed by atoms with Gasteiger partial charge < -0.3 is 59.5 Å². The molecule has 0 spiro atoms. The molecule has 0 amide bonds. The number of benzene rings is 2. The summed E-state index contributed by atoms with van der Waals surface area (Å²) in [7, 11) is 0. The molecule has 10 atom stereocenters. The summed E-state index contributed by atoms with van der Waals surface area (Å²) >= 11 is 0. The summed E-state index contributed by atoms with van der Waals surface area (Å²) in [6, 6.07) is 8.01. The highest BCUT2D eigenvalue weighted by Crippen LogP contribution is 2.46. The average Bonchev–Trinajstić information content (AvgIpc) is 2.91. The SMILES string of the molecule is C[C@@H]1O[C@@H](O[C@H]2[C@@H](O)[C@@H](O)[C@@H](C)O[C@@H]2c2c(O)cc3oc(-c4ccc(O)cc4)cc(=O)c3c2O)[C@H](O)[C@H](O)[C@H]1O. The van der Waals surface area contributed by atoms with Crippen LogP contribution in [-0.2, 0) is 14.2 Å². The molecule has 0 unspecified atom stereocenters. The zero-order valence-corrected chi connectivity index (χ0v) is 21.4. The predicted octanol–water partition coefficient (Wildman–Crippen LogP) is -0.0289. The molecular formula is C27H30O13. The van der Waals surface area contributed by atoms with Gasteiger partial charge in [0.15, 0.2) is 11.7 Å². The van der Waals surface area contributed by atoms with E-state index in [1.807, 2.05) is 0 Å². The van der Waals surface area contributed by atoms with Crippen LogP contribution in [0.2, 0.25) is 0 Å². The average molecular weight is 563 g/mol. The number of aliphatic hydroxyl groups is 5. The quantitative estimate of drug-likeness (QED) is 0.210. The third-order valence-electron chi connectivity index (χ3n) is 7.37. The molecule has 13 nitrogen and oxygen atoms in total. The molecule has 216 valence electrons. The number of aliphatic hydroxyl groups excluding tert-OH is 5. The van der Waals surface area contributed by atoms with Crippen LogP contribution in [0.25, 0.3) is 22.3 Å². The third kappa shape index (κ3) is 4.80. The lowest BCUT2D eigenvalue weighted by Crippen LogP contribution is -2.61. The molecule has 0 saturated carbocycles. The van der Waals surface area contributed by atoms with Crippen molar-refractivity contribution in [2.24, 2.45) is 0 Å². The van der Waals surface area contributed by atoms with Crippen molar-refractivity contribution in [3.63, 3.8) is 0 Å². The lowest BCUT2D eigenvalue weighted by atomic mass is 9.89.